The van der Waals surface area contributed by atoms with Gasteiger partial charge in [-0.25, -0.2) is 4.98 Å². The maximum atomic E-state index is 4.34. The maximum absolute atomic E-state index is 4.34. The molecule has 0 aliphatic heterocycles. The van der Waals surface area contributed by atoms with Gasteiger partial charge < -0.3 is 9.88 Å². The molecule has 0 spiro atoms. The van der Waals surface area contributed by atoms with Crippen LogP contribution in [0.4, 0.5) is 5.95 Å². The number of thiophene rings is 1. The summed E-state index contributed by atoms with van der Waals surface area (Å²) in [5.74, 6) is 1.57. The van der Waals surface area contributed by atoms with Gasteiger partial charge in [0.05, 0.1) is 6.54 Å². The maximum Gasteiger partial charge on any atom is 0.203 e. The number of aromatic nitrogens is 2. The van der Waals surface area contributed by atoms with Crippen molar-refractivity contribution in [2.45, 2.75) is 26.9 Å². The molecule has 2 heterocycles. The number of hydrogen-bond acceptors (Lipinski definition) is 3. The predicted octanol–water partition coefficient (Wildman–Crippen LogP) is 3.98. The molecular formula is C12H16BrN3S. The van der Waals surface area contributed by atoms with E-state index in [0.717, 1.165) is 23.5 Å². The Balaban J connectivity index is 1.99. The zero-order chi connectivity index (χ0) is 12.3. The number of hydrogen-bond donors (Lipinski definition) is 1. The van der Waals surface area contributed by atoms with Gasteiger partial charge in [-0.2, -0.15) is 0 Å². The first-order valence-electron chi connectivity index (χ1n) is 5.63. The Labute approximate surface area is 114 Å². The van der Waals surface area contributed by atoms with E-state index < -0.39 is 0 Å². The first-order chi connectivity index (χ1) is 8.16. The summed E-state index contributed by atoms with van der Waals surface area (Å²) >= 11 is 5.28. The van der Waals surface area contributed by atoms with Crippen molar-refractivity contribution in [3.8, 4) is 0 Å². The van der Waals surface area contributed by atoms with Crippen LogP contribution >= 0.6 is 27.3 Å². The molecule has 0 unspecified atom stereocenters. The molecule has 2 aromatic heterocycles. The van der Waals surface area contributed by atoms with Crippen LogP contribution < -0.4 is 5.32 Å². The standard InChI is InChI=1S/C12H16BrN3S/c1-9(2)8-16-5-4-14-12(16)15-7-11-10(13)3-6-17-11/h3-6,9H,7-8H2,1-2H3,(H,14,15). The minimum absolute atomic E-state index is 0.623. The zero-order valence-corrected chi connectivity index (χ0v) is 12.4. The molecule has 2 rings (SSSR count). The van der Waals surface area contributed by atoms with Crippen LogP contribution in [0.3, 0.4) is 0 Å². The first kappa shape index (κ1) is 12.6. The number of anilines is 1. The normalized spacial score (nSPS) is 11.1. The summed E-state index contributed by atoms with van der Waals surface area (Å²) in [4.78, 5) is 5.63. The van der Waals surface area contributed by atoms with Crippen LogP contribution in [0, 0.1) is 5.92 Å². The minimum atomic E-state index is 0.623. The molecular weight excluding hydrogens is 298 g/mol. The fraction of sp³-hybridized carbons (Fsp3) is 0.417. The van der Waals surface area contributed by atoms with Crippen LogP contribution in [0.5, 0.6) is 0 Å². The summed E-state index contributed by atoms with van der Waals surface area (Å²) in [6.45, 7) is 6.22. The lowest BCUT2D eigenvalue weighted by Crippen LogP contribution is -2.09. The van der Waals surface area contributed by atoms with Crippen molar-refractivity contribution in [2.24, 2.45) is 5.92 Å². The lowest BCUT2D eigenvalue weighted by Gasteiger charge is -2.11. The van der Waals surface area contributed by atoms with Gasteiger partial charge in [-0.05, 0) is 33.3 Å². The Bertz CT molecular complexity index is 476. The van der Waals surface area contributed by atoms with Crippen molar-refractivity contribution in [3.63, 3.8) is 0 Å². The lowest BCUT2D eigenvalue weighted by molar-refractivity contribution is 0.526. The van der Waals surface area contributed by atoms with Gasteiger partial charge in [-0.1, -0.05) is 13.8 Å². The van der Waals surface area contributed by atoms with E-state index in [4.69, 9.17) is 0 Å². The molecule has 5 heteroatoms. The molecule has 92 valence electrons. The SMILES string of the molecule is CC(C)Cn1ccnc1NCc1sccc1Br. The Morgan fingerprint density at radius 2 is 2.35 bits per heavy atom. The van der Waals surface area contributed by atoms with Crippen LogP contribution in [0.25, 0.3) is 0 Å². The van der Waals surface area contributed by atoms with Gasteiger partial charge in [0.25, 0.3) is 0 Å². The average Bonchev–Trinajstić information content (AvgIpc) is 2.84. The second-order valence-corrected chi connectivity index (χ2v) is 6.20. The summed E-state index contributed by atoms with van der Waals surface area (Å²) in [5.41, 5.74) is 0. The fourth-order valence-electron chi connectivity index (χ4n) is 1.63. The van der Waals surface area contributed by atoms with Crippen molar-refractivity contribution in [3.05, 3.63) is 33.2 Å². The van der Waals surface area contributed by atoms with Gasteiger partial charge in [0.15, 0.2) is 0 Å². The molecule has 0 saturated heterocycles. The largest absolute Gasteiger partial charge is 0.351 e. The van der Waals surface area contributed by atoms with Crippen LogP contribution in [0.1, 0.15) is 18.7 Å². The number of rotatable bonds is 5. The smallest absolute Gasteiger partial charge is 0.203 e. The Morgan fingerprint density at radius 3 is 3.00 bits per heavy atom. The minimum Gasteiger partial charge on any atom is -0.351 e. The molecule has 0 radical (unpaired) electrons. The van der Waals surface area contributed by atoms with Crippen molar-refractivity contribution in [1.29, 1.82) is 0 Å². The monoisotopic (exact) mass is 313 g/mol. The van der Waals surface area contributed by atoms with E-state index in [0.29, 0.717) is 5.92 Å². The summed E-state index contributed by atoms with van der Waals surface area (Å²) in [6, 6.07) is 2.07. The van der Waals surface area contributed by atoms with Crippen LogP contribution in [0.2, 0.25) is 0 Å². The predicted molar refractivity (Wildman–Crippen MR) is 76.4 cm³/mol. The summed E-state index contributed by atoms with van der Waals surface area (Å²) in [5, 5.41) is 5.46. The van der Waals surface area contributed by atoms with Gasteiger partial charge in [0.2, 0.25) is 5.95 Å². The van der Waals surface area contributed by atoms with E-state index in [1.54, 1.807) is 11.3 Å². The second-order valence-electron chi connectivity index (χ2n) is 4.34. The zero-order valence-electron chi connectivity index (χ0n) is 9.98. The number of imidazole rings is 1. The molecule has 1 N–H and O–H groups in total. The Morgan fingerprint density at radius 1 is 1.53 bits per heavy atom. The summed E-state index contributed by atoms with van der Waals surface area (Å²) < 4.78 is 3.32. The van der Waals surface area contributed by atoms with Crippen molar-refractivity contribution < 1.29 is 0 Å². The molecule has 2 aromatic rings. The highest BCUT2D eigenvalue weighted by molar-refractivity contribution is 9.10. The van der Waals surface area contributed by atoms with E-state index in [-0.39, 0.29) is 0 Å². The molecule has 0 aromatic carbocycles. The van der Waals surface area contributed by atoms with E-state index in [1.807, 2.05) is 12.4 Å². The van der Waals surface area contributed by atoms with Crippen LogP contribution in [0.15, 0.2) is 28.3 Å². The van der Waals surface area contributed by atoms with E-state index in [2.05, 4.69) is 56.1 Å². The second kappa shape index (κ2) is 5.69. The van der Waals surface area contributed by atoms with Gasteiger partial charge in [-0.3, -0.25) is 0 Å². The van der Waals surface area contributed by atoms with Gasteiger partial charge in [0.1, 0.15) is 0 Å². The van der Waals surface area contributed by atoms with Crippen molar-refractivity contribution >= 4 is 33.2 Å². The van der Waals surface area contributed by atoms with Gasteiger partial charge >= 0.3 is 0 Å². The lowest BCUT2D eigenvalue weighted by atomic mass is 10.2. The highest BCUT2D eigenvalue weighted by Gasteiger charge is 2.06. The van der Waals surface area contributed by atoms with Crippen molar-refractivity contribution in [2.75, 3.05) is 5.32 Å². The highest BCUT2D eigenvalue weighted by atomic mass is 79.9. The number of halogens is 1. The third-order valence-electron chi connectivity index (χ3n) is 2.38. The molecule has 0 bridgehead atoms. The Kier molecular flexibility index (Phi) is 4.23. The van der Waals surface area contributed by atoms with Crippen LogP contribution in [-0.4, -0.2) is 9.55 Å². The molecule has 0 atom stereocenters. The Hall–Kier alpha value is -0.810. The molecule has 0 aliphatic carbocycles. The number of nitrogens with zero attached hydrogens (tertiary/aromatic N) is 2. The van der Waals surface area contributed by atoms with Gasteiger partial charge in [0, 0.05) is 28.3 Å². The fourth-order valence-corrected chi connectivity index (χ4v) is 3.06. The van der Waals surface area contributed by atoms with Crippen molar-refractivity contribution in [1.82, 2.24) is 9.55 Å². The molecule has 0 amide bonds. The molecule has 0 fully saturated rings. The molecule has 3 nitrogen and oxygen atoms in total. The summed E-state index contributed by atoms with van der Waals surface area (Å²) in [6.07, 6.45) is 3.86. The van der Waals surface area contributed by atoms with E-state index in [1.165, 1.54) is 4.88 Å². The molecule has 0 aliphatic rings. The van der Waals surface area contributed by atoms with Gasteiger partial charge in [-0.15, -0.1) is 11.3 Å². The average molecular weight is 314 g/mol. The quantitative estimate of drug-likeness (QED) is 0.905. The summed E-state index contributed by atoms with van der Waals surface area (Å²) in [7, 11) is 0. The third-order valence-corrected chi connectivity index (χ3v) is 4.30. The first-order valence-corrected chi connectivity index (χ1v) is 7.31. The highest BCUT2D eigenvalue weighted by Crippen LogP contribution is 2.23. The number of nitrogens with one attached hydrogen (secondary N) is 1. The van der Waals surface area contributed by atoms with Crippen LogP contribution in [-0.2, 0) is 13.1 Å². The molecule has 17 heavy (non-hydrogen) atoms. The topological polar surface area (TPSA) is 29.9 Å². The third kappa shape index (κ3) is 3.33. The molecule has 0 saturated carbocycles. The van der Waals surface area contributed by atoms with E-state index >= 15 is 0 Å². The van der Waals surface area contributed by atoms with E-state index in [9.17, 15) is 0 Å².